The van der Waals surface area contributed by atoms with E-state index in [9.17, 15) is 4.79 Å². The Kier molecular flexibility index (Phi) is 4.23. The quantitative estimate of drug-likeness (QED) is 0.743. The van der Waals surface area contributed by atoms with Crippen molar-refractivity contribution in [2.24, 2.45) is 11.8 Å². The number of alkyl halides is 1. The average Bonchev–Trinajstić information content (AvgIpc) is 2.95. The lowest BCUT2D eigenvalue weighted by Crippen LogP contribution is -2.34. The van der Waals surface area contributed by atoms with E-state index in [1.165, 1.54) is 12.8 Å². The molecule has 0 bridgehead atoms. The SMILES string of the molecule is CCC(C)C(=O)NCC(Br)C1CC1. The zero-order chi connectivity index (χ0) is 9.84. The summed E-state index contributed by atoms with van der Waals surface area (Å²) < 4.78 is 0. The highest BCUT2D eigenvalue weighted by Gasteiger charge is 2.29. The molecular weight excluding hydrogens is 230 g/mol. The van der Waals surface area contributed by atoms with Gasteiger partial charge < -0.3 is 5.32 Å². The molecule has 76 valence electrons. The fourth-order valence-corrected chi connectivity index (χ4v) is 1.87. The lowest BCUT2D eigenvalue weighted by Gasteiger charge is -2.12. The number of carbonyl (C=O) groups is 1. The molecule has 2 nitrogen and oxygen atoms in total. The molecule has 1 N–H and O–H groups in total. The summed E-state index contributed by atoms with van der Waals surface area (Å²) in [7, 11) is 0. The summed E-state index contributed by atoms with van der Waals surface area (Å²) >= 11 is 3.59. The number of amides is 1. The van der Waals surface area contributed by atoms with Crippen LogP contribution in [0.25, 0.3) is 0 Å². The third-order valence-electron chi connectivity index (χ3n) is 2.66. The molecule has 13 heavy (non-hydrogen) atoms. The molecule has 2 unspecified atom stereocenters. The van der Waals surface area contributed by atoms with Gasteiger partial charge in [-0.05, 0) is 25.2 Å². The molecule has 1 aliphatic rings. The van der Waals surface area contributed by atoms with Gasteiger partial charge in [-0.3, -0.25) is 4.79 Å². The molecular formula is C10H18BrNO. The molecule has 1 aliphatic carbocycles. The summed E-state index contributed by atoms with van der Waals surface area (Å²) in [6.45, 7) is 4.79. The summed E-state index contributed by atoms with van der Waals surface area (Å²) in [6.07, 6.45) is 3.55. The lowest BCUT2D eigenvalue weighted by molar-refractivity contribution is -0.124. The molecule has 1 fully saturated rings. The molecule has 3 heteroatoms. The van der Waals surface area contributed by atoms with Gasteiger partial charge in [0.2, 0.25) is 5.91 Å². The molecule has 0 aliphatic heterocycles. The minimum Gasteiger partial charge on any atom is -0.355 e. The summed E-state index contributed by atoms with van der Waals surface area (Å²) in [5.41, 5.74) is 0. The summed E-state index contributed by atoms with van der Waals surface area (Å²) in [5.74, 6) is 1.14. The molecule has 0 saturated heterocycles. The molecule has 0 aromatic heterocycles. The van der Waals surface area contributed by atoms with Crippen molar-refractivity contribution in [2.75, 3.05) is 6.54 Å². The summed E-state index contributed by atoms with van der Waals surface area (Å²) in [5, 5.41) is 2.97. The molecule has 0 aromatic carbocycles. The van der Waals surface area contributed by atoms with Crippen LogP contribution < -0.4 is 5.32 Å². The standard InChI is InChI=1S/C10H18BrNO/c1-3-7(2)10(13)12-6-9(11)8-4-5-8/h7-9H,3-6H2,1-2H3,(H,12,13). The van der Waals surface area contributed by atoms with Crippen molar-refractivity contribution in [3.05, 3.63) is 0 Å². The van der Waals surface area contributed by atoms with Crippen molar-refractivity contribution in [3.8, 4) is 0 Å². The van der Waals surface area contributed by atoms with Gasteiger partial charge in [-0.2, -0.15) is 0 Å². The highest BCUT2D eigenvalue weighted by Crippen LogP contribution is 2.36. The maximum Gasteiger partial charge on any atom is 0.222 e. The first-order chi connectivity index (χ1) is 6.15. The van der Waals surface area contributed by atoms with Gasteiger partial charge in [-0.25, -0.2) is 0 Å². The van der Waals surface area contributed by atoms with Crippen molar-refractivity contribution in [2.45, 2.75) is 37.9 Å². The Morgan fingerprint density at radius 1 is 1.62 bits per heavy atom. The van der Waals surface area contributed by atoms with Gasteiger partial charge in [0.25, 0.3) is 0 Å². The highest BCUT2D eigenvalue weighted by atomic mass is 79.9. The van der Waals surface area contributed by atoms with Gasteiger partial charge >= 0.3 is 0 Å². The minimum absolute atomic E-state index is 0.152. The Morgan fingerprint density at radius 2 is 2.23 bits per heavy atom. The summed E-state index contributed by atoms with van der Waals surface area (Å²) in [4.78, 5) is 11.9. The third kappa shape index (κ3) is 3.67. The van der Waals surface area contributed by atoms with E-state index in [-0.39, 0.29) is 11.8 Å². The largest absolute Gasteiger partial charge is 0.355 e. The molecule has 1 amide bonds. The second-order valence-electron chi connectivity index (χ2n) is 3.91. The Balaban J connectivity index is 2.13. The Morgan fingerprint density at radius 3 is 2.69 bits per heavy atom. The van der Waals surface area contributed by atoms with E-state index in [4.69, 9.17) is 0 Å². The molecule has 1 saturated carbocycles. The normalized spacial score (nSPS) is 20.8. The first-order valence-electron chi connectivity index (χ1n) is 5.07. The van der Waals surface area contributed by atoms with Crippen LogP contribution in [0.2, 0.25) is 0 Å². The van der Waals surface area contributed by atoms with Gasteiger partial charge in [0, 0.05) is 17.3 Å². The lowest BCUT2D eigenvalue weighted by atomic mass is 10.1. The zero-order valence-electron chi connectivity index (χ0n) is 8.35. The highest BCUT2D eigenvalue weighted by molar-refractivity contribution is 9.09. The van der Waals surface area contributed by atoms with Crippen molar-refractivity contribution < 1.29 is 4.79 Å². The number of carbonyl (C=O) groups excluding carboxylic acids is 1. The first-order valence-corrected chi connectivity index (χ1v) is 5.98. The number of nitrogens with one attached hydrogen (secondary N) is 1. The molecule has 1 rings (SSSR count). The van der Waals surface area contributed by atoms with Crippen molar-refractivity contribution in [3.63, 3.8) is 0 Å². The fourth-order valence-electron chi connectivity index (χ4n) is 1.18. The van der Waals surface area contributed by atoms with Crippen LogP contribution in [0.3, 0.4) is 0 Å². The van der Waals surface area contributed by atoms with Gasteiger partial charge in [0.15, 0.2) is 0 Å². The van der Waals surface area contributed by atoms with E-state index in [0.29, 0.717) is 4.83 Å². The monoisotopic (exact) mass is 247 g/mol. The molecule has 2 atom stereocenters. The number of halogens is 1. The predicted octanol–water partition coefficient (Wildman–Crippen LogP) is 2.32. The second kappa shape index (κ2) is 4.99. The topological polar surface area (TPSA) is 29.1 Å². The van der Waals surface area contributed by atoms with Gasteiger partial charge in [-0.15, -0.1) is 0 Å². The van der Waals surface area contributed by atoms with Crippen LogP contribution in [0.15, 0.2) is 0 Å². The number of rotatable bonds is 5. The van der Waals surface area contributed by atoms with E-state index >= 15 is 0 Å². The maximum absolute atomic E-state index is 11.4. The Labute approximate surface area is 88.6 Å². The van der Waals surface area contributed by atoms with E-state index in [0.717, 1.165) is 18.9 Å². The van der Waals surface area contributed by atoms with Crippen LogP contribution >= 0.6 is 15.9 Å². The zero-order valence-corrected chi connectivity index (χ0v) is 9.93. The fraction of sp³-hybridized carbons (Fsp3) is 0.900. The van der Waals surface area contributed by atoms with E-state index < -0.39 is 0 Å². The Bertz CT molecular complexity index is 180. The van der Waals surface area contributed by atoms with Crippen molar-refractivity contribution >= 4 is 21.8 Å². The average molecular weight is 248 g/mol. The van der Waals surface area contributed by atoms with Crippen LogP contribution in [-0.4, -0.2) is 17.3 Å². The number of hydrogen-bond acceptors (Lipinski definition) is 1. The first kappa shape index (κ1) is 11.0. The Hall–Kier alpha value is -0.0500. The third-order valence-corrected chi connectivity index (χ3v) is 3.74. The van der Waals surface area contributed by atoms with Crippen molar-refractivity contribution in [1.82, 2.24) is 5.32 Å². The van der Waals surface area contributed by atoms with Crippen LogP contribution in [-0.2, 0) is 4.79 Å². The minimum atomic E-state index is 0.152. The molecule has 0 aromatic rings. The van der Waals surface area contributed by atoms with Gasteiger partial charge in [0.05, 0.1) is 0 Å². The predicted molar refractivity (Wildman–Crippen MR) is 57.9 cm³/mol. The van der Waals surface area contributed by atoms with Crippen LogP contribution in [0.1, 0.15) is 33.1 Å². The summed E-state index contributed by atoms with van der Waals surface area (Å²) in [6, 6.07) is 0. The van der Waals surface area contributed by atoms with Crippen LogP contribution in [0.5, 0.6) is 0 Å². The smallest absolute Gasteiger partial charge is 0.222 e. The second-order valence-corrected chi connectivity index (χ2v) is 5.08. The van der Waals surface area contributed by atoms with E-state index in [1.54, 1.807) is 0 Å². The van der Waals surface area contributed by atoms with Gasteiger partial charge in [0.1, 0.15) is 0 Å². The molecule has 0 radical (unpaired) electrons. The van der Waals surface area contributed by atoms with Crippen molar-refractivity contribution in [1.29, 1.82) is 0 Å². The van der Waals surface area contributed by atoms with Crippen LogP contribution in [0.4, 0.5) is 0 Å². The maximum atomic E-state index is 11.4. The molecule has 0 spiro atoms. The van der Waals surface area contributed by atoms with E-state index in [2.05, 4.69) is 21.2 Å². The molecule has 0 heterocycles. The van der Waals surface area contributed by atoms with Gasteiger partial charge in [-0.1, -0.05) is 29.8 Å². The van der Waals surface area contributed by atoms with Crippen LogP contribution in [0, 0.1) is 11.8 Å². The number of hydrogen-bond donors (Lipinski definition) is 1. The van der Waals surface area contributed by atoms with E-state index in [1.807, 2.05) is 13.8 Å².